The van der Waals surface area contributed by atoms with Gasteiger partial charge in [-0.2, -0.15) is 0 Å². The Kier molecular flexibility index (Phi) is 3.69. The van der Waals surface area contributed by atoms with Crippen molar-refractivity contribution in [2.45, 2.75) is 19.3 Å². The third-order valence-corrected chi connectivity index (χ3v) is 3.94. The van der Waals surface area contributed by atoms with E-state index in [1.165, 1.54) is 11.1 Å². The number of amides is 1. The minimum Gasteiger partial charge on any atom is -0.493 e. The number of methoxy groups -OCH3 is 2. The predicted octanol–water partition coefficient (Wildman–Crippen LogP) is 2.07. The monoisotopic (exact) mass is 263 g/mol. The molecule has 1 amide bonds. The highest BCUT2D eigenvalue weighted by Gasteiger charge is 2.36. The van der Waals surface area contributed by atoms with E-state index in [4.69, 9.17) is 9.47 Å². The van der Waals surface area contributed by atoms with Crippen LogP contribution >= 0.6 is 0 Å². The highest BCUT2D eigenvalue weighted by molar-refractivity contribution is 5.81. The highest BCUT2D eigenvalue weighted by atomic mass is 16.5. The van der Waals surface area contributed by atoms with Crippen LogP contribution in [-0.2, 0) is 11.2 Å². The van der Waals surface area contributed by atoms with Crippen LogP contribution in [0.5, 0.6) is 11.5 Å². The van der Waals surface area contributed by atoms with Crippen LogP contribution in [0.4, 0.5) is 0 Å². The van der Waals surface area contributed by atoms with Crippen LogP contribution in [0.3, 0.4) is 0 Å². The maximum atomic E-state index is 12.2. The van der Waals surface area contributed by atoms with Crippen LogP contribution in [0.15, 0.2) is 12.1 Å². The Bertz CT molecular complexity index is 496. The molecular weight excluding hydrogens is 242 g/mol. The lowest BCUT2D eigenvalue weighted by molar-refractivity contribution is -0.133. The Balaban J connectivity index is 2.38. The van der Waals surface area contributed by atoms with Crippen LogP contribution in [0.25, 0.3) is 0 Å². The van der Waals surface area contributed by atoms with E-state index in [0.29, 0.717) is 0 Å². The molecule has 0 aromatic heterocycles. The first-order valence-corrected chi connectivity index (χ1v) is 6.45. The maximum Gasteiger partial charge on any atom is 0.226 e. The molecule has 0 heterocycles. The van der Waals surface area contributed by atoms with Crippen LogP contribution in [0, 0.1) is 5.92 Å². The summed E-state index contributed by atoms with van der Waals surface area (Å²) in [5.41, 5.74) is 2.38. The van der Waals surface area contributed by atoms with Crippen LogP contribution in [0.1, 0.15) is 24.0 Å². The first-order valence-electron chi connectivity index (χ1n) is 6.45. The van der Waals surface area contributed by atoms with E-state index in [0.717, 1.165) is 17.9 Å². The van der Waals surface area contributed by atoms with Crippen molar-refractivity contribution in [2.75, 3.05) is 28.3 Å². The number of nitrogens with zero attached hydrogens (tertiary/aromatic N) is 1. The zero-order valence-electron chi connectivity index (χ0n) is 12.2. The predicted molar refractivity (Wildman–Crippen MR) is 73.8 cm³/mol. The minimum atomic E-state index is 0.0156. The summed E-state index contributed by atoms with van der Waals surface area (Å²) in [4.78, 5) is 13.9. The average Bonchev–Trinajstić information content (AvgIpc) is 2.72. The maximum absolute atomic E-state index is 12.2. The Hall–Kier alpha value is -1.71. The molecule has 0 fully saturated rings. The second-order valence-electron chi connectivity index (χ2n) is 5.24. The Morgan fingerprint density at radius 2 is 1.79 bits per heavy atom. The van der Waals surface area contributed by atoms with Gasteiger partial charge in [0.05, 0.1) is 14.2 Å². The molecule has 1 aliphatic carbocycles. The number of carbonyl (C=O) groups excluding carboxylic acids is 1. The number of fused-ring (bicyclic) bond motifs is 1. The molecule has 0 unspecified atom stereocenters. The van der Waals surface area contributed by atoms with Crippen molar-refractivity contribution in [3.8, 4) is 11.5 Å². The van der Waals surface area contributed by atoms with Crippen LogP contribution in [-0.4, -0.2) is 39.1 Å². The fraction of sp³-hybridized carbons (Fsp3) is 0.533. The Morgan fingerprint density at radius 3 is 2.32 bits per heavy atom. The van der Waals surface area contributed by atoms with Gasteiger partial charge in [0.2, 0.25) is 5.91 Å². The van der Waals surface area contributed by atoms with Crippen LogP contribution < -0.4 is 9.47 Å². The number of hydrogen-bond acceptors (Lipinski definition) is 3. The van der Waals surface area contributed by atoms with Gasteiger partial charge in [0.15, 0.2) is 11.5 Å². The summed E-state index contributed by atoms with van der Waals surface area (Å²) >= 11 is 0. The topological polar surface area (TPSA) is 38.8 Å². The lowest BCUT2D eigenvalue weighted by Crippen LogP contribution is -2.31. The quantitative estimate of drug-likeness (QED) is 0.838. The van der Waals surface area contributed by atoms with E-state index in [-0.39, 0.29) is 17.7 Å². The first-order chi connectivity index (χ1) is 8.99. The van der Waals surface area contributed by atoms with Crippen molar-refractivity contribution in [3.63, 3.8) is 0 Å². The smallest absolute Gasteiger partial charge is 0.226 e. The van der Waals surface area contributed by atoms with Crippen molar-refractivity contribution in [2.24, 2.45) is 5.92 Å². The zero-order chi connectivity index (χ0) is 14.2. The summed E-state index contributed by atoms with van der Waals surface area (Å²) < 4.78 is 10.7. The van der Waals surface area contributed by atoms with E-state index in [9.17, 15) is 4.79 Å². The molecule has 0 bridgehead atoms. The summed E-state index contributed by atoms with van der Waals surface area (Å²) in [5.74, 6) is 1.87. The zero-order valence-corrected chi connectivity index (χ0v) is 12.2. The van der Waals surface area contributed by atoms with Crippen molar-refractivity contribution in [1.29, 1.82) is 0 Å². The molecule has 1 aromatic carbocycles. The number of rotatable bonds is 3. The Morgan fingerprint density at radius 1 is 1.21 bits per heavy atom. The largest absolute Gasteiger partial charge is 0.493 e. The molecule has 4 heteroatoms. The molecule has 4 nitrogen and oxygen atoms in total. The molecule has 0 saturated carbocycles. The fourth-order valence-corrected chi connectivity index (χ4v) is 2.80. The SMILES string of the molecule is COc1cc2c(cc1OC)[C@H](C)[C@H](C(=O)N(C)C)C2. The lowest BCUT2D eigenvalue weighted by Gasteiger charge is -2.19. The van der Waals surface area contributed by atoms with Crippen molar-refractivity contribution in [3.05, 3.63) is 23.3 Å². The van der Waals surface area contributed by atoms with Gasteiger partial charge < -0.3 is 14.4 Å². The standard InChI is InChI=1S/C15H21NO3/c1-9-11-8-14(19-5)13(18-4)7-10(11)6-12(9)15(17)16(2)3/h7-9,12H,6H2,1-5H3/t9-,12+/m0/s1. The summed E-state index contributed by atoms with van der Waals surface area (Å²) in [6.45, 7) is 2.10. The summed E-state index contributed by atoms with van der Waals surface area (Å²) in [6, 6.07) is 4.00. The third-order valence-electron chi connectivity index (χ3n) is 3.94. The average molecular weight is 263 g/mol. The van der Waals surface area contributed by atoms with Crippen LogP contribution in [0.2, 0.25) is 0 Å². The first kappa shape index (κ1) is 13.7. The third kappa shape index (κ3) is 2.27. The van der Waals surface area contributed by atoms with E-state index >= 15 is 0 Å². The second-order valence-corrected chi connectivity index (χ2v) is 5.24. The van der Waals surface area contributed by atoms with E-state index in [1.54, 1.807) is 33.2 Å². The highest BCUT2D eigenvalue weighted by Crippen LogP contribution is 2.43. The van der Waals surface area contributed by atoms with Gasteiger partial charge in [-0.05, 0) is 35.6 Å². The summed E-state index contributed by atoms with van der Waals surface area (Å²) in [6.07, 6.45) is 0.772. The number of carbonyl (C=O) groups is 1. The molecule has 1 aliphatic rings. The molecule has 2 rings (SSSR count). The normalized spacial score (nSPS) is 20.9. The van der Waals surface area contributed by atoms with Crippen molar-refractivity contribution in [1.82, 2.24) is 4.90 Å². The van der Waals surface area contributed by atoms with E-state index < -0.39 is 0 Å². The van der Waals surface area contributed by atoms with Gasteiger partial charge in [-0.25, -0.2) is 0 Å². The molecule has 0 aliphatic heterocycles. The van der Waals surface area contributed by atoms with Gasteiger partial charge in [-0.1, -0.05) is 6.92 Å². The minimum absolute atomic E-state index is 0.0156. The van der Waals surface area contributed by atoms with Crippen molar-refractivity contribution >= 4 is 5.91 Å². The molecule has 0 spiro atoms. The molecule has 104 valence electrons. The molecule has 0 radical (unpaired) electrons. The molecule has 19 heavy (non-hydrogen) atoms. The van der Waals surface area contributed by atoms with Crippen molar-refractivity contribution < 1.29 is 14.3 Å². The van der Waals surface area contributed by atoms with Gasteiger partial charge >= 0.3 is 0 Å². The van der Waals surface area contributed by atoms with E-state index in [1.807, 2.05) is 12.1 Å². The lowest BCUT2D eigenvalue weighted by atomic mass is 9.93. The number of hydrogen-bond donors (Lipinski definition) is 0. The number of ether oxygens (including phenoxy) is 2. The molecule has 0 saturated heterocycles. The van der Waals surface area contributed by atoms with Gasteiger partial charge in [0.25, 0.3) is 0 Å². The fourth-order valence-electron chi connectivity index (χ4n) is 2.80. The van der Waals surface area contributed by atoms with E-state index in [2.05, 4.69) is 6.92 Å². The van der Waals surface area contributed by atoms with Gasteiger partial charge in [-0.15, -0.1) is 0 Å². The Labute approximate surface area is 114 Å². The van der Waals surface area contributed by atoms with Gasteiger partial charge in [0.1, 0.15) is 0 Å². The molecule has 0 N–H and O–H groups in total. The number of benzene rings is 1. The molecular formula is C15H21NO3. The van der Waals surface area contributed by atoms with Gasteiger partial charge in [-0.3, -0.25) is 4.79 Å². The summed E-state index contributed by atoms with van der Waals surface area (Å²) in [7, 11) is 6.87. The molecule has 2 atom stereocenters. The molecule has 1 aromatic rings. The second kappa shape index (κ2) is 5.11. The van der Waals surface area contributed by atoms with Gasteiger partial charge in [0, 0.05) is 20.0 Å². The summed E-state index contributed by atoms with van der Waals surface area (Å²) in [5, 5.41) is 0.